The van der Waals surface area contributed by atoms with Gasteiger partial charge in [0.1, 0.15) is 11.6 Å². The smallest absolute Gasteiger partial charge is 0.329 e. The number of hydrogen-bond acceptors (Lipinski definition) is 3. The molecule has 19 heavy (non-hydrogen) atoms. The number of esters is 1. The van der Waals surface area contributed by atoms with E-state index in [9.17, 15) is 9.59 Å². The van der Waals surface area contributed by atoms with Gasteiger partial charge in [-0.3, -0.25) is 4.79 Å². The van der Waals surface area contributed by atoms with Crippen molar-refractivity contribution in [1.82, 2.24) is 4.90 Å². The van der Waals surface area contributed by atoms with Gasteiger partial charge in [-0.15, -0.1) is 0 Å². The van der Waals surface area contributed by atoms with Crippen LogP contribution in [0.25, 0.3) is 0 Å². The number of hydrogen-bond donors (Lipinski definition) is 0. The van der Waals surface area contributed by atoms with Gasteiger partial charge in [0.05, 0.1) is 0 Å². The summed E-state index contributed by atoms with van der Waals surface area (Å²) in [5.74, 6) is -0.120. The maximum absolute atomic E-state index is 12.4. The van der Waals surface area contributed by atoms with Gasteiger partial charge in [-0.2, -0.15) is 0 Å². The Morgan fingerprint density at radius 1 is 1.26 bits per heavy atom. The summed E-state index contributed by atoms with van der Waals surface area (Å²) in [6.07, 6.45) is 3.26. The summed E-state index contributed by atoms with van der Waals surface area (Å²) in [5, 5.41) is 0. The molecule has 0 aromatic rings. The van der Waals surface area contributed by atoms with Gasteiger partial charge in [-0.1, -0.05) is 13.8 Å². The Morgan fingerprint density at radius 3 is 2.32 bits per heavy atom. The van der Waals surface area contributed by atoms with Crippen molar-refractivity contribution in [1.29, 1.82) is 0 Å². The maximum atomic E-state index is 12.4. The van der Waals surface area contributed by atoms with E-state index < -0.39 is 5.60 Å². The van der Waals surface area contributed by atoms with Gasteiger partial charge < -0.3 is 9.64 Å². The summed E-state index contributed by atoms with van der Waals surface area (Å²) in [5.41, 5.74) is -0.497. The van der Waals surface area contributed by atoms with E-state index in [1.165, 1.54) is 0 Å². The van der Waals surface area contributed by atoms with Crippen LogP contribution in [-0.2, 0) is 14.3 Å². The van der Waals surface area contributed by atoms with Crippen molar-refractivity contribution < 1.29 is 14.3 Å². The van der Waals surface area contributed by atoms with Gasteiger partial charge in [0.25, 0.3) is 0 Å². The molecule has 1 heterocycles. The van der Waals surface area contributed by atoms with Crippen molar-refractivity contribution in [2.45, 2.75) is 71.9 Å². The van der Waals surface area contributed by atoms with Crippen LogP contribution in [0.1, 0.15) is 60.3 Å². The third kappa shape index (κ3) is 4.22. The van der Waals surface area contributed by atoms with Crippen molar-refractivity contribution >= 4 is 11.9 Å². The second kappa shape index (κ2) is 6.40. The molecule has 1 fully saturated rings. The van der Waals surface area contributed by atoms with Crippen LogP contribution in [0.2, 0.25) is 0 Å². The molecule has 0 unspecified atom stereocenters. The second-order valence-corrected chi connectivity index (χ2v) is 6.24. The highest BCUT2D eigenvalue weighted by Gasteiger charge is 2.38. The van der Waals surface area contributed by atoms with Crippen LogP contribution >= 0.6 is 0 Å². The zero-order valence-electron chi connectivity index (χ0n) is 12.9. The first kappa shape index (κ1) is 16.0. The quantitative estimate of drug-likeness (QED) is 0.737. The first-order valence-electron chi connectivity index (χ1n) is 7.33. The van der Waals surface area contributed by atoms with E-state index in [0.29, 0.717) is 6.54 Å². The Hall–Kier alpha value is -1.06. The van der Waals surface area contributed by atoms with Crippen LogP contribution in [0.4, 0.5) is 0 Å². The molecule has 0 spiro atoms. The van der Waals surface area contributed by atoms with E-state index in [2.05, 4.69) is 0 Å². The first-order valence-corrected chi connectivity index (χ1v) is 7.33. The Bertz CT molecular complexity index is 329. The molecule has 4 heteroatoms. The number of ether oxygens (including phenoxy) is 1. The summed E-state index contributed by atoms with van der Waals surface area (Å²) >= 11 is 0. The SMILES string of the molecule is CCC(CC)C(=O)N1CCC[C@@H]1C(=O)OC(C)(C)C. The van der Waals surface area contributed by atoms with Crippen LogP contribution in [-0.4, -0.2) is 35.0 Å². The molecule has 0 aromatic carbocycles. The number of nitrogens with zero attached hydrogens (tertiary/aromatic N) is 1. The summed E-state index contributed by atoms with van der Waals surface area (Å²) in [6.45, 7) is 10.3. The van der Waals surface area contributed by atoms with E-state index in [1.54, 1.807) is 4.90 Å². The highest BCUT2D eigenvalue weighted by molar-refractivity contribution is 5.86. The fraction of sp³-hybridized carbons (Fsp3) is 0.867. The Kier molecular flexibility index (Phi) is 5.39. The minimum atomic E-state index is -0.497. The van der Waals surface area contributed by atoms with E-state index in [4.69, 9.17) is 4.74 Å². The molecule has 1 saturated heterocycles. The van der Waals surface area contributed by atoms with Crippen molar-refractivity contribution in [3.8, 4) is 0 Å². The average Bonchev–Trinajstić information content (AvgIpc) is 2.76. The second-order valence-electron chi connectivity index (χ2n) is 6.24. The minimum Gasteiger partial charge on any atom is -0.458 e. The number of likely N-dealkylation sites (tertiary alicyclic amines) is 1. The molecule has 110 valence electrons. The minimum absolute atomic E-state index is 0.0306. The molecule has 1 amide bonds. The fourth-order valence-electron chi connectivity index (χ4n) is 2.52. The van der Waals surface area contributed by atoms with Crippen molar-refractivity contribution in [2.75, 3.05) is 6.54 Å². The number of carbonyl (C=O) groups excluding carboxylic acids is 2. The Labute approximate surface area is 116 Å². The zero-order chi connectivity index (χ0) is 14.6. The summed E-state index contributed by atoms with van der Waals surface area (Å²) < 4.78 is 5.42. The van der Waals surface area contributed by atoms with Crippen molar-refractivity contribution in [2.24, 2.45) is 5.92 Å². The molecule has 1 atom stereocenters. The molecule has 1 aliphatic heterocycles. The standard InChI is InChI=1S/C15H27NO3/c1-6-11(7-2)13(17)16-10-8-9-12(16)14(18)19-15(3,4)5/h11-12H,6-10H2,1-5H3/t12-/m1/s1. The lowest BCUT2D eigenvalue weighted by molar-refractivity contribution is -0.164. The van der Waals surface area contributed by atoms with Crippen molar-refractivity contribution in [3.63, 3.8) is 0 Å². The number of carbonyl (C=O) groups is 2. The van der Waals surface area contributed by atoms with E-state index in [0.717, 1.165) is 25.7 Å². The van der Waals surface area contributed by atoms with Gasteiger partial charge in [0.2, 0.25) is 5.91 Å². The van der Waals surface area contributed by atoms with Crippen LogP contribution in [0.3, 0.4) is 0 Å². The van der Waals surface area contributed by atoms with Crippen LogP contribution in [0.15, 0.2) is 0 Å². The normalized spacial score (nSPS) is 19.9. The van der Waals surface area contributed by atoms with Gasteiger partial charge in [-0.25, -0.2) is 4.79 Å². The predicted octanol–water partition coefficient (Wildman–Crippen LogP) is 2.76. The van der Waals surface area contributed by atoms with Crippen molar-refractivity contribution in [3.05, 3.63) is 0 Å². The molecule has 1 rings (SSSR count). The van der Waals surface area contributed by atoms with E-state index >= 15 is 0 Å². The highest BCUT2D eigenvalue weighted by Crippen LogP contribution is 2.24. The highest BCUT2D eigenvalue weighted by atomic mass is 16.6. The van der Waals surface area contributed by atoms with E-state index in [1.807, 2.05) is 34.6 Å². The largest absolute Gasteiger partial charge is 0.458 e. The lowest BCUT2D eigenvalue weighted by Crippen LogP contribution is -2.45. The van der Waals surface area contributed by atoms with Crippen LogP contribution in [0, 0.1) is 5.92 Å². The van der Waals surface area contributed by atoms with Gasteiger partial charge in [0, 0.05) is 12.5 Å². The molecule has 0 radical (unpaired) electrons. The number of rotatable bonds is 4. The fourth-order valence-corrected chi connectivity index (χ4v) is 2.52. The molecule has 0 bridgehead atoms. The molecule has 0 aromatic heterocycles. The maximum Gasteiger partial charge on any atom is 0.329 e. The monoisotopic (exact) mass is 269 g/mol. The van der Waals surface area contributed by atoms with Gasteiger partial charge >= 0.3 is 5.97 Å². The summed E-state index contributed by atoms with van der Waals surface area (Å²) in [6, 6.07) is -0.382. The molecule has 0 aliphatic carbocycles. The van der Waals surface area contributed by atoms with Crippen LogP contribution in [0.5, 0.6) is 0 Å². The zero-order valence-corrected chi connectivity index (χ0v) is 12.9. The molecular formula is C15H27NO3. The van der Waals surface area contributed by atoms with E-state index in [-0.39, 0.29) is 23.8 Å². The number of amides is 1. The molecular weight excluding hydrogens is 242 g/mol. The molecule has 1 aliphatic rings. The first-order chi connectivity index (χ1) is 8.80. The lowest BCUT2D eigenvalue weighted by Gasteiger charge is -2.29. The third-order valence-electron chi connectivity index (χ3n) is 3.55. The predicted molar refractivity (Wildman–Crippen MR) is 74.7 cm³/mol. The molecule has 0 N–H and O–H groups in total. The Morgan fingerprint density at radius 2 is 1.84 bits per heavy atom. The van der Waals surface area contributed by atoms with Gasteiger partial charge in [-0.05, 0) is 46.5 Å². The van der Waals surface area contributed by atoms with Gasteiger partial charge in [0.15, 0.2) is 0 Å². The van der Waals surface area contributed by atoms with Crippen LogP contribution < -0.4 is 0 Å². The third-order valence-corrected chi connectivity index (χ3v) is 3.55. The average molecular weight is 269 g/mol. The lowest BCUT2D eigenvalue weighted by atomic mass is 10.0. The molecule has 0 saturated carbocycles. The summed E-state index contributed by atoms with van der Waals surface area (Å²) in [4.78, 5) is 26.3. The topological polar surface area (TPSA) is 46.6 Å². The summed E-state index contributed by atoms with van der Waals surface area (Å²) in [7, 11) is 0. The molecule has 4 nitrogen and oxygen atoms in total. The Balaban J connectivity index is 2.73.